The molecule has 0 bridgehead atoms. The Morgan fingerprint density at radius 3 is 2.48 bits per heavy atom. The number of anilines is 2. The quantitative estimate of drug-likeness (QED) is 0.635. The van der Waals surface area contributed by atoms with Gasteiger partial charge in [0.1, 0.15) is 0 Å². The maximum Gasteiger partial charge on any atom is 0.236 e. The third-order valence-electron chi connectivity index (χ3n) is 5.72. The van der Waals surface area contributed by atoms with Crippen molar-refractivity contribution < 1.29 is 51.0 Å². The van der Waals surface area contributed by atoms with E-state index in [1.165, 1.54) is 17.6 Å². The minimum absolute atomic E-state index is 0. The molecule has 1 aliphatic heterocycles. The molecule has 1 aliphatic carbocycles. The summed E-state index contributed by atoms with van der Waals surface area (Å²) in [5.74, 6) is 0.0682. The molecular formula is C24H28ArN2O3S. The summed E-state index contributed by atoms with van der Waals surface area (Å²) in [7, 11) is -3.53. The first-order valence-electron chi connectivity index (χ1n) is 10.7. The van der Waals surface area contributed by atoms with E-state index in [0.717, 1.165) is 36.1 Å². The SMILES string of the molecule is CCCN1C(=O)CCc2cc(NS(=O)(=O)Cc3ccc(C4=CCCC4)cc3)ccc21.[Ar]. The third kappa shape index (κ3) is 5.92. The molecule has 0 spiro atoms. The van der Waals surface area contributed by atoms with Crippen LogP contribution in [-0.2, 0) is 27.0 Å². The van der Waals surface area contributed by atoms with Gasteiger partial charge >= 0.3 is 0 Å². The number of aryl methyl sites for hydroxylation is 1. The van der Waals surface area contributed by atoms with E-state index in [1.807, 2.05) is 43.3 Å². The van der Waals surface area contributed by atoms with Crippen LogP contribution in [0.1, 0.15) is 55.7 Å². The number of nitrogens with one attached hydrogen (secondary N) is 1. The van der Waals surface area contributed by atoms with Crippen LogP contribution in [0.2, 0.25) is 0 Å². The molecule has 0 saturated heterocycles. The molecule has 0 saturated carbocycles. The zero-order valence-electron chi connectivity index (χ0n) is 17.7. The number of rotatable bonds is 7. The zero-order chi connectivity index (χ0) is 21.1. The summed E-state index contributed by atoms with van der Waals surface area (Å²) >= 11 is 0. The van der Waals surface area contributed by atoms with Gasteiger partial charge in [-0.25, -0.2) is 8.42 Å². The van der Waals surface area contributed by atoms with Gasteiger partial charge in [0.05, 0.1) is 5.75 Å². The van der Waals surface area contributed by atoms with E-state index in [1.54, 1.807) is 11.0 Å². The van der Waals surface area contributed by atoms with Gasteiger partial charge in [-0.2, -0.15) is 0 Å². The van der Waals surface area contributed by atoms with Crippen LogP contribution in [0, 0.1) is 37.7 Å². The fourth-order valence-corrected chi connectivity index (χ4v) is 5.46. The molecule has 1 N–H and O–H groups in total. The zero-order valence-corrected chi connectivity index (χ0v) is 19.2. The Labute approximate surface area is 215 Å². The van der Waals surface area contributed by atoms with E-state index in [-0.39, 0.29) is 49.4 Å². The van der Waals surface area contributed by atoms with Crippen LogP contribution in [0.3, 0.4) is 0 Å². The minimum Gasteiger partial charge on any atom is -0.312 e. The van der Waals surface area contributed by atoms with E-state index in [4.69, 9.17) is 0 Å². The molecule has 0 radical (unpaired) electrons. The second-order valence-corrected chi connectivity index (χ2v) is 9.79. The number of nitrogens with zero attached hydrogens (tertiary/aromatic N) is 1. The maximum atomic E-state index is 12.7. The Morgan fingerprint density at radius 1 is 1.03 bits per heavy atom. The molecule has 2 aromatic carbocycles. The monoisotopic (exact) mass is 464 g/mol. The molecule has 166 valence electrons. The van der Waals surface area contributed by atoms with E-state index >= 15 is 0 Å². The van der Waals surface area contributed by atoms with Crippen LogP contribution in [0.15, 0.2) is 48.5 Å². The maximum absolute atomic E-state index is 12.7. The largest absolute Gasteiger partial charge is 0.312 e. The molecule has 1 heterocycles. The van der Waals surface area contributed by atoms with Crippen LogP contribution < -0.4 is 9.62 Å². The van der Waals surface area contributed by atoms with Crippen molar-refractivity contribution >= 4 is 32.9 Å². The topological polar surface area (TPSA) is 66.5 Å². The number of amides is 1. The van der Waals surface area contributed by atoms with Crippen LogP contribution in [0.25, 0.3) is 5.57 Å². The van der Waals surface area contributed by atoms with Crippen LogP contribution >= 0.6 is 0 Å². The van der Waals surface area contributed by atoms with Gasteiger partial charge in [-0.15, -0.1) is 0 Å². The number of carbonyl (C=O) groups is 1. The number of fused-ring (bicyclic) bond motifs is 1. The fraction of sp³-hybridized carbons (Fsp3) is 0.375. The second kappa shape index (κ2) is 10.5. The first-order chi connectivity index (χ1) is 14.4. The van der Waals surface area contributed by atoms with E-state index in [0.29, 0.717) is 25.1 Å². The Hall–Kier alpha value is -1.34. The summed E-state index contributed by atoms with van der Waals surface area (Å²) in [6.45, 7) is 2.73. The van der Waals surface area contributed by atoms with Gasteiger partial charge in [0.25, 0.3) is 0 Å². The number of hydrogen-bond donors (Lipinski definition) is 1. The summed E-state index contributed by atoms with van der Waals surface area (Å²) in [4.78, 5) is 14.0. The average molecular weight is 465 g/mol. The Morgan fingerprint density at radius 2 is 1.81 bits per heavy atom. The minimum atomic E-state index is -3.53. The van der Waals surface area contributed by atoms with Crippen molar-refractivity contribution in [1.82, 2.24) is 0 Å². The molecule has 7 heteroatoms. The summed E-state index contributed by atoms with van der Waals surface area (Å²) in [6.07, 6.45) is 7.67. The summed E-state index contributed by atoms with van der Waals surface area (Å²) < 4.78 is 28.1. The Bertz CT molecular complexity index is 1080. The van der Waals surface area contributed by atoms with Crippen molar-refractivity contribution in [3.05, 3.63) is 65.2 Å². The summed E-state index contributed by atoms with van der Waals surface area (Å²) in [5.41, 5.74) is 5.76. The van der Waals surface area contributed by atoms with Gasteiger partial charge in [-0.05, 0) is 72.6 Å². The third-order valence-corrected chi connectivity index (χ3v) is 6.98. The smallest absolute Gasteiger partial charge is 0.236 e. The predicted molar refractivity (Wildman–Crippen MR) is 122 cm³/mol. The normalized spacial score (nSPS) is 15.8. The second-order valence-electron chi connectivity index (χ2n) is 8.07. The number of allylic oxidation sites excluding steroid dienone is 2. The van der Waals surface area contributed by atoms with E-state index < -0.39 is 10.0 Å². The van der Waals surface area contributed by atoms with Crippen molar-refractivity contribution in [3.8, 4) is 0 Å². The van der Waals surface area contributed by atoms with Gasteiger partial charge in [-0.3, -0.25) is 9.52 Å². The summed E-state index contributed by atoms with van der Waals surface area (Å²) in [6, 6.07) is 13.3. The standard InChI is InChI=1S/C24H28N2O3S.Ar/c1-2-15-26-23-13-12-22(16-21(23)11-14-24(26)27)25-30(28,29)17-18-7-9-20(10-8-18)19-5-3-4-6-19;/h5,7-10,12-13,16,25H,2-4,6,11,14-15,17H2,1H3;. The number of sulfonamides is 1. The molecular weight excluding hydrogens is 436 g/mol. The molecule has 31 heavy (non-hydrogen) atoms. The molecule has 5 nitrogen and oxygen atoms in total. The van der Waals surface area contributed by atoms with Gasteiger partial charge in [-0.1, -0.05) is 37.3 Å². The molecule has 0 atom stereocenters. The average Bonchev–Trinajstić information content (AvgIpc) is 3.25. The van der Waals surface area contributed by atoms with Crippen molar-refractivity contribution in [2.45, 2.75) is 51.2 Å². The predicted octanol–water partition coefficient (Wildman–Crippen LogP) is 4.89. The summed E-state index contributed by atoms with van der Waals surface area (Å²) in [5, 5.41) is 0. The van der Waals surface area contributed by atoms with Gasteiger partial charge in [0.15, 0.2) is 0 Å². The van der Waals surface area contributed by atoms with Crippen LogP contribution in [-0.4, -0.2) is 20.9 Å². The van der Waals surface area contributed by atoms with Crippen molar-refractivity contribution in [1.29, 1.82) is 0 Å². The molecule has 0 aromatic heterocycles. The molecule has 0 unspecified atom stereocenters. The molecule has 2 aromatic rings. The molecule has 2 aliphatic rings. The van der Waals surface area contributed by atoms with E-state index in [2.05, 4.69) is 10.8 Å². The van der Waals surface area contributed by atoms with Crippen LogP contribution in [0.4, 0.5) is 11.4 Å². The van der Waals surface area contributed by atoms with Crippen molar-refractivity contribution in [2.24, 2.45) is 0 Å². The van der Waals surface area contributed by atoms with Crippen LogP contribution in [0.5, 0.6) is 0 Å². The Kier molecular flexibility index (Phi) is 8.25. The fourth-order valence-electron chi connectivity index (χ4n) is 4.28. The number of carbonyl (C=O) groups excluding carboxylic acids is 1. The van der Waals surface area contributed by atoms with Crippen molar-refractivity contribution in [2.75, 3.05) is 16.2 Å². The van der Waals surface area contributed by atoms with Gasteiger partial charge in [0, 0.05) is 62.1 Å². The first kappa shape index (κ1) is 24.3. The van der Waals surface area contributed by atoms with E-state index in [9.17, 15) is 13.2 Å². The molecule has 1 amide bonds. The first-order valence-corrected chi connectivity index (χ1v) is 12.3. The van der Waals surface area contributed by atoms with Crippen molar-refractivity contribution in [3.63, 3.8) is 0 Å². The number of benzene rings is 2. The molecule has 0 fully saturated rings. The Balaban J connectivity index is 0.00000272. The molecule has 4 rings (SSSR count). The number of hydrogen-bond acceptors (Lipinski definition) is 3. The van der Waals surface area contributed by atoms with Gasteiger partial charge in [0.2, 0.25) is 15.9 Å². The van der Waals surface area contributed by atoms with Gasteiger partial charge < -0.3 is 4.90 Å².